The molecule has 1 fully saturated rings. The van der Waals surface area contributed by atoms with Crippen LogP contribution in [0.15, 0.2) is 79.0 Å². The van der Waals surface area contributed by atoms with Gasteiger partial charge in [0, 0.05) is 17.8 Å². The van der Waals surface area contributed by atoms with E-state index in [1.165, 1.54) is 0 Å². The molecular weight excluding hydrogens is 508 g/mol. The van der Waals surface area contributed by atoms with Gasteiger partial charge in [-0.05, 0) is 65.6 Å². The first-order valence-electron chi connectivity index (χ1n) is 13.3. The minimum absolute atomic E-state index is 0.304. The smallest absolute Gasteiger partial charge is 0.410 e. The van der Waals surface area contributed by atoms with Crippen molar-refractivity contribution >= 4 is 6.09 Å². The summed E-state index contributed by atoms with van der Waals surface area (Å²) < 4.78 is 29.0. The van der Waals surface area contributed by atoms with E-state index in [1.54, 1.807) is 11.1 Å². The Balaban J connectivity index is 1.20. The number of cyclic esters (lactones) is 1. The molecule has 0 bridgehead atoms. The molecule has 3 heterocycles. The molecule has 8 nitrogen and oxygen atoms in total. The van der Waals surface area contributed by atoms with Gasteiger partial charge >= 0.3 is 6.09 Å². The molecule has 4 aromatic rings. The van der Waals surface area contributed by atoms with Gasteiger partial charge in [0.2, 0.25) is 0 Å². The lowest BCUT2D eigenvalue weighted by Gasteiger charge is -2.20. The summed E-state index contributed by atoms with van der Waals surface area (Å²) in [7, 11) is 0. The van der Waals surface area contributed by atoms with E-state index in [-0.39, 0.29) is 6.09 Å². The first-order chi connectivity index (χ1) is 19.6. The van der Waals surface area contributed by atoms with E-state index in [9.17, 15) is 4.79 Å². The Morgan fingerprint density at radius 2 is 1.73 bits per heavy atom. The highest BCUT2D eigenvalue weighted by Gasteiger charge is 2.23. The van der Waals surface area contributed by atoms with E-state index in [1.807, 2.05) is 54.6 Å². The minimum Gasteiger partial charge on any atom is -0.489 e. The summed E-state index contributed by atoms with van der Waals surface area (Å²) in [6, 6.07) is 23.7. The van der Waals surface area contributed by atoms with Crippen molar-refractivity contribution in [2.24, 2.45) is 0 Å². The molecule has 6 rings (SSSR count). The largest absolute Gasteiger partial charge is 0.489 e. The van der Waals surface area contributed by atoms with Crippen LogP contribution in [-0.2, 0) is 24.5 Å². The molecule has 8 heteroatoms. The number of aromatic nitrogens is 1. The van der Waals surface area contributed by atoms with Crippen molar-refractivity contribution < 1.29 is 28.5 Å². The fourth-order valence-electron chi connectivity index (χ4n) is 4.82. The average Bonchev–Trinajstić information content (AvgIpc) is 3.40. The van der Waals surface area contributed by atoms with Crippen LogP contribution in [0, 0.1) is 6.92 Å². The van der Waals surface area contributed by atoms with Crippen LogP contribution in [0.2, 0.25) is 0 Å². The molecule has 40 heavy (non-hydrogen) atoms. The van der Waals surface area contributed by atoms with Gasteiger partial charge in [-0.15, -0.1) is 0 Å². The normalized spacial score (nSPS) is 14.1. The quantitative estimate of drug-likeness (QED) is 0.261. The fourth-order valence-corrected chi connectivity index (χ4v) is 4.82. The summed E-state index contributed by atoms with van der Waals surface area (Å²) in [5.74, 6) is 2.86. The monoisotopic (exact) mass is 538 g/mol. The highest BCUT2D eigenvalue weighted by atomic mass is 16.6. The van der Waals surface area contributed by atoms with Crippen LogP contribution in [0.4, 0.5) is 4.79 Å². The number of ether oxygens (including phenoxy) is 5. The molecule has 1 aromatic heterocycles. The highest BCUT2D eigenvalue weighted by molar-refractivity contribution is 5.71. The zero-order valence-electron chi connectivity index (χ0n) is 22.3. The van der Waals surface area contributed by atoms with E-state index in [0.29, 0.717) is 57.6 Å². The molecule has 0 aliphatic carbocycles. The predicted octanol–water partition coefficient (Wildman–Crippen LogP) is 5.94. The maximum atomic E-state index is 12.0. The molecule has 0 spiro atoms. The highest BCUT2D eigenvalue weighted by Crippen LogP contribution is 2.36. The van der Waals surface area contributed by atoms with Gasteiger partial charge in [-0.2, -0.15) is 0 Å². The second-order valence-electron chi connectivity index (χ2n) is 9.65. The number of amides is 1. The summed E-state index contributed by atoms with van der Waals surface area (Å²) in [6.45, 7) is 5.26. The number of carbonyl (C=O) groups excluding carboxylic acids is 1. The van der Waals surface area contributed by atoms with Gasteiger partial charge < -0.3 is 28.6 Å². The molecule has 2 aliphatic rings. The van der Waals surface area contributed by atoms with E-state index >= 15 is 0 Å². The van der Waals surface area contributed by atoms with Crippen molar-refractivity contribution in [1.82, 2.24) is 9.88 Å². The Morgan fingerprint density at radius 1 is 0.825 bits per heavy atom. The molecule has 2 aliphatic heterocycles. The first-order valence-corrected chi connectivity index (χ1v) is 13.3. The lowest BCUT2D eigenvalue weighted by Crippen LogP contribution is -2.23. The van der Waals surface area contributed by atoms with E-state index < -0.39 is 0 Å². The third-order valence-corrected chi connectivity index (χ3v) is 7.04. The van der Waals surface area contributed by atoms with E-state index in [4.69, 9.17) is 23.7 Å². The number of pyridine rings is 1. The molecular formula is C32H30N2O6. The van der Waals surface area contributed by atoms with Crippen molar-refractivity contribution in [2.45, 2.75) is 26.7 Å². The van der Waals surface area contributed by atoms with Crippen molar-refractivity contribution in [3.05, 3.63) is 101 Å². The van der Waals surface area contributed by atoms with Crippen LogP contribution in [-0.4, -0.2) is 42.3 Å². The lowest BCUT2D eigenvalue weighted by molar-refractivity contribution is 0.157. The molecule has 1 amide bonds. The van der Waals surface area contributed by atoms with Gasteiger partial charge in [0.05, 0.1) is 18.8 Å². The average molecular weight is 539 g/mol. The molecule has 3 aromatic carbocycles. The Labute approximate surface area is 233 Å². The van der Waals surface area contributed by atoms with Gasteiger partial charge in [0.25, 0.3) is 0 Å². The van der Waals surface area contributed by atoms with Gasteiger partial charge in [0.15, 0.2) is 11.5 Å². The SMILES string of the molecule is Cc1c(COc2ccc(CN3CCOC3=O)c(OCc3ccccn3)c2)cccc1-c1ccc2c(c1)OCCO2. The third-order valence-electron chi connectivity index (χ3n) is 7.04. The number of nitrogens with zero attached hydrogens (tertiary/aromatic N) is 2. The number of rotatable bonds is 9. The van der Waals surface area contributed by atoms with Gasteiger partial charge in [0.1, 0.15) is 44.5 Å². The Kier molecular flexibility index (Phi) is 7.39. The summed E-state index contributed by atoms with van der Waals surface area (Å²) in [5.41, 5.74) is 6.08. The Hall–Kier alpha value is -4.72. The summed E-state index contributed by atoms with van der Waals surface area (Å²) in [6.07, 6.45) is 1.42. The van der Waals surface area contributed by atoms with Crippen LogP contribution in [0.25, 0.3) is 11.1 Å². The maximum Gasteiger partial charge on any atom is 0.410 e. The molecule has 1 saturated heterocycles. The van der Waals surface area contributed by atoms with Gasteiger partial charge in [-0.1, -0.05) is 30.3 Å². The first kappa shape index (κ1) is 25.6. The summed E-state index contributed by atoms with van der Waals surface area (Å²) >= 11 is 0. The maximum absolute atomic E-state index is 12.0. The van der Waals surface area contributed by atoms with E-state index in [2.05, 4.69) is 30.1 Å². The second kappa shape index (κ2) is 11.6. The molecule has 0 N–H and O–H groups in total. The van der Waals surface area contributed by atoms with Crippen LogP contribution in [0.1, 0.15) is 22.4 Å². The van der Waals surface area contributed by atoms with Crippen molar-refractivity contribution in [1.29, 1.82) is 0 Å². The van der Waals surface area contributed by atoms with Crippen molar-refractivity contribution in [3.8, 4) is 34.1 Å². The number of hydrogen-bond acceptors (Lipinski definition) is 7. The molecule has 0 unspecified atom stereocenters. The number of carbonyl (C=O) groups is 1. The third kappa shape index (κ3) is 5.66. The van der Waals surface area contributed by atoms with Crippen molar-refractivity contribution in [3.63, 3.8) is 0 Å². The summed E-state index contributed by atoms with van der Waals surface area (Å²) in [5, 5.41) is 0. The predicted molar refractivity (Wildman–Crippen MR) is 149 cm³/mol. The molecule has 0 radical (unpaired) electrons. The van der Waals surface area contributed by atoms with E-state index in [0.717, 1.165) is 45.0 Å². The lowest BCUT2D eigenvalue weighted by atomic mass is 9.96. The van der Waals surface area contributed by atoms with Gasteiger partial charge in [-0.25, -0.2) is 4.79 Å². The standard InChI is InChI=1S/C32H30N2O6/c1-22-25(5-4-7-28(22)23-9-11-29-31(17-23)37-16-15-36-29)20-39-27-10-8-24(19-34-13-14-38-32(34)35)30(18-27)40-21-26-6-2-3-12-33-26/h2-12,17-18H,13-16,19-21H2,1H3. The number of hydrogen-bond donors (Lipinski definition) is 0. The zero-order chi connectivity index (χ0) is 27.3. The molecule has 204 valence electrons. The van der Waals surface area contributed by atoms with Crippen LogP contribution < -0.4 is 18.9 Å². The Morgan fingerprint density at radius 3 is 2.55 bits per heavy atom. The van der Waals surface area contributed by atoms with Crippen molar-refractivity contribution in [2.75, 3.05) is 26.4 Å². The number of benzene rings is 3. The van der Waals surface area contributed by atoms with Gasteiger partial charge in [-0.3, -0.25) is 4.98 Å². The molecule has 0 saturated carbocycles. The fraction of sp³-hybridized carbons (Fsp3) is 0.250. The summed E-state index contributed by atoms with van der Waals surface area (Å²) in [4.78, 5) is 18.1. The number of fused-ring (bicyclic) bond motifs is 1. The second-order valence-corrected chi connectivity index (χ2v) is 9.65. The topological polar surface area (TPSA) is 79.4 Å². The molecule has 0 atom stereocenters. The van der Waals surface area contributed by atoms with Crippen LogP contribution >= 0.6 is 0 Å². The van der Waals surface area contributed by atoms with Crippen LogP contribution in [0.5, 0.6) is 23.0 Å². The Bertz CT molecular complexity index is 1510. The zero-order valence-corrected chi connectivity index (χ0v) is 22.3. The van der Waals surface area contributed by atoms with Crippen LogP contribution in [0.3, 0.4) is 0 Å². The minimum atomic E-state index is -0.315.